The third kappa shape index (κ3) is 6.88. The van der Waals surface area contributed by atoms with Crippen molar-refractivity contribution in [2.24, 2.45) is 0 Å². The van der Waals surface area contributed by atoms with Gasteiger partial charge in [0.2, 0.25) is 5.88 Å². The van der Waals surface area contributed by atoms with E-state index < -0.39 is 5.60 Å². The second-order valence-electron chi connectivity index (χ2n) is 10.1. The number of amides is 2. The van der Waals surface area contributed by atoms with Gasteiger partial charge in [-0.3, -0.25) is 10.2 Å². The molecule has 198 valence electrons. The molecule has 2 amide bonds. The van der Waals surface area contributed by atoms with E-state index >= 15 is 0 Å². The van der Waals surface area contributed by atoms with Crippen molar-refractivity contribution in [3.05, 3.63) is 71.8 Å². The molecule has 1 aliphatic heterocycles. The van der Waals surface area contributed by atoms with Gasteiger partial charge in [-0.25, -0.2) is 9.48 Å². The Kier molecular flexibility index (Phi) is 8.48. The van der Waals surface area contributed by atoms with Gasteiger partial charge in [-0.05, 0) is 38.5 Å². The zero-order valence-electron chi connectivity index (χ0n) is 22.0. The fraction of sp³-hybridized carbons (Fsp3) is 0.429. The van der Waals surface area contributed by atoms with Crippen LogP contribution in [0.5, 0.6) is 5.88 Å². The van der Waals surface area contributed by atoms with Crippen molar-refractivity contribution in [1.29, 1.82) is 0 Å². The number of ether oxygens (including phenoxy) is 2. The van der Waals surface area contributed by atoms with Gasteiger partial charge in [0.25, 0.3) is 0 Å². The third-order valence-electron chi connectivity index (χ3n) is 6.42. The summed E-state index contributed by atoms with van der Waals surface area (Å²) in [7, 11) is 1.70. The number of aromatic nitrogens is 2. The maximum absolute atomic E-state index is 13.3. The second-order valence-corrected chi connectivity index (χ2v) is 10.1. The summed E-state index contributed by atoms with van der Waals surface area (Å²) in [5.41, 5.74) is 1.64. The van der Waals surface area contributed by atoms with Gasteiger partial charge in [-0.1, -0.05) is 48.5 Å². The first-order chi connectivity index (χ1) is 17.7. The Morgan fingerprint density at radius 3 is 2.43 bits per heavy atom. The van der Waals surface area contributed by atoms with Gasteiger partial charge in [0, 0.05) is 32.7 Å². The molecule has 0 bridgehead atoms. The molecule has 2 heterocycles. The van der Waals surface area contributed by atoms with Crippen molar-refractivity contribution in [2.75, 3.05) is 45.3 Å². The van der Waals surface area contributed by atoms with Crippen LogP contribution in [0.2, 0.25) is 0 Å². The van der Waals surface area contributed by atoms with Crippen LogP contribution in [0, 0.1) is 6.92 Å². The summed E-state index contributed by atoms with van der Waals surface area (Å²) in [5.74, 6) is 1.03. The summed E-state index contributed by atoms with van der Waals surface area (Å²) >= 11 is 0. The average molecular weight is 508 g/mol. The van der Waals surface area contributed by atoms with Gasteiger partial charge in [-0.15, -0.1) is 5.10 Å². The lowest BCUT2D eigenvalue weighted by Gasteiger charge is -2.21. The topological polar surface area (TPSA) is 101 Å². The van der Waals surface area contributed by atoms with Crippen LogP contribution in [-0.2, 0) is 4.74 Å². The van der Waals surface area contributed by atoms with E-state index in [0.29, 0.717) is 23.9 Å². The van der Waals surface area contributed by atoms with Crippen molar-refractivity contribution in [1.82, 2.24) is 20.0 Å². The summed E-state index contributed by atoms with van der Waals surface area (Å²) in [4.78, 5) is 15.7. The lowest BCUT2D eigenvalue weighted by atomic mass is 9.94. The number of nitrogens with zero attached hydrogens (tertiary/aromatic N) is 3. The molecule has 0 saturated carbocycles. The highest BCUT2D eigenvalue weighted by atomic mass is 16.5. The van der Waals surface area contributed by atoms with Gasteiger partial charge >= 0.3 is 6.03 Å². The molecule has 9 nitrogen and oxygen atoms in total. The van der Waals surface area contributed by atoms with E-state index in [1.54, 1.807) is 25.6 Å². The number of hydrogen-bond acceptors (Lipinski definition) is 6. The summed E-state index contributed by atoms with van der Waals surface area (Å²) in [6.45, 7) is 8.28. The smallest absolute Gasteiger partial charge is 0.320 e. The van der Waals surface area contributed by atoms with Crippen molar-refractivity contribution >= 4 is 11.8 Å². The van der Waals surface area contributed by atoms with Crippen molar-refractivity contribution < 1.29 is 19.4 Å². The van der Waals surface area contributed by atoms with Crippen molar-refractivity contribution in [2.45, 2.75) is 38.3 Å². The van der Waals surface area contributed by atoms with Gasteiger partial charge in [0.05, 0.1) is 29.5 Å². The number of nitrogens with one attached hydrogen (secondary N) is 2. The zero-order valence-corrected chi connectivity index (χ0v) is 22.0. The van der Waals surface area contributed by atoms with E-state index in [-0.39, 0.29) is 24.6 Å². The third-order valence-corrected chi connectivity index (χ3v) is 6.42. The fourth-order valence-electron chi connectivity index (χ4n) is 4.55. The Hall–Kier alpha value is -3.40. The van der Waals surface area contributed by atoms with Crippen molar-refractivity contribution in [3.63, 3.8) is 0 Å². The lowest BCUT2D eigenvalue weighted by Crippen LogP contribution is -2.42. The van der Waals surface area contributed by atoms with Crippen molar-refractivity contribution in [3.8, 4) is 11.6 Å². The Morgan fingerprint density at radius 1 is 1.11 bits per heavy atom. The number of aliphatic hydroxyl groups is 1. The lowest BCUT2D eigenvalue weighted by molar-refractivity contribution is 0.0265. The number of hydrogen-bond donors (Lipinski definition) is 3. The second kappa shape index (κ2) is 11.8. The number of carbonyl (C=O) groups is 1. The number of carbonyl (C=O) groups excluding carboxylic acids is 1. The molecule has 9 heteroatoms. The normalized spacial score (nSPS) is 18.1. The number of likely N-dealkylation sites (tertiary alicyclic amines) is 1. The summed E-state index contributed by atoms with van der Waals surface area (Å²) in [5, 5.41) is 20.9. The van der Waals surface area contributed by atoms with Crippen LogP contribution in [0.4, 0.5) is 10.6 Å². The Morgan fingerprint density at radius 2 is 1.78 bits per heavy atom. The van der Waals surface area contributed by atoms with E-state index in [4.69, 9.17) is 9.47 Å². The summed E-state index contributed by atoms with van der Waals surface area (Å²) in [6.07, 6.45) is 0. The molecular formula is C28H37N5O4. The maximum atomic E-state index is 13.3. The largest absolute Gasteiger partial charge is 0.473 e. The van der Waals surface area contributed by atoms with Gasteiger partial charge in [-0.2, -0.15) is 0 Å². The zero-order chi connectivity index (χ0) is 26.4. The Balaban J connectivity index is 1.55. The predicted octanol–water partition coefficient (Wildman–Crippen LogP) is 3.57. The standard InChI is InChI=1S/C28H37N5O4/c1-20-25(33(22-13-9-6-10-14-22)31-26(20)37-19-28(2,3)35)30-27(34)29-24-18-32(15-16-36-4)17-23(24)21-11-7-5-8-12-21/h5-14,23-24,35H,15-19H2,1-4H3,(H2,29,30,34)/t23-,24+/m0/s1. The molecule has 3 N–H and O–H groups in total. The highest BCUT2D eigenvalue weighted by molar-refractivity contribution is 5.90. The van der Waals surface area contributed by atoms with Gasteiger partial charge in [0.1, 0.15) is 12.4 Å². The molecular weight excluding hydrogens is 470 g/mol. The van der Waals surface area contributed by atoms with Crippen LogP contribution in [-0.4, -0.2) is 77.4 Å². The van der Waals surface area contributed by atoms with E-state index in [0.717, 1.165) is 25.3 Å². The molecule has 0 radical (unpaired) electrons. The number of benzene rings is 2. The fourth-order valence-corrected chi connectivity index (χ4v) is 4.55. The SMILES string of the molecule is COCCN1C[C@@H](NC(=O)Nc2c(C)c(OCC(C)(C)O)nn2-c2ccccc2)[C@H](c2ccccc2)C1. The van der Waals surface area contributed by atoms with Crippen LogP contribution in [0.1, 0.15) is 30.9 Å². The van der Waals surface area contributed by atoms with E-state index in [9.17, 15) is 9.90 Å². The molecule has 1 saturated heterocycles. The van der Waals surface area contributed by atoms with Crippen LogP contribution < -0.4 is 15.4 Å². The molecule has 2 aromatic carbocycles. The number of anilines is 1. The quantitative estimate of drug-likeness (QED) is 0.388. The molecule has 3 aromatic rings. The minimum Gasteiger partial charge on any atom is -0.473 e. The first kappa shape index (κ1) is 26.7. The molecule has 1 aromatic heterocycles. The minimum atomic E-state index is -1.02. The highest BCUT2D eigenvalue weighted by Gasteiger charge is 2.35. The Labute approximate surface area is 218 Å². The number of rotatable bonds is 10. The van der Waals surface area contributed by atoms with Crippen LogP contribution in [0.15, 0.2) is 60.7 Å². The first-order valence-corrected chi connectivity index (χ1v) is 12.6. The number of methoxy groups -OCH3 is 1. The summed E-state index contributed by atoms with van der Waals surface area (Å²) < 4.78 is 12.7. The molecule has 1 aliphatic rings. The molecule has 37 heavy (non-hydrogen) atoms. The minimum absolute atomic E-state index is 0.0708. The molecule has 0 spiro atoms. The van der Waals surface area contributed by atoms with Gasteiger partial charge < -0.3 is 19.9 Å². The van der Waals surface area contributed by atoms with Gasteiger partial charge in [0.15, 0.2) is 0 Å². The summed E-state index contributed by atoms with van der Waals surface area (Å²) in [6, 6.07) is 19.4. The highest BCUT2D eigenvalue weighted by Crippen LogP contribution is 2.30. The number of urea groups is 1. The molecule has 4 rings (SSSR count). The molecule has 2 atom stereocenters. The van der Waals surface area contributed by atoms with E-state index in [2.05, 4.69) is 32.8 Å². The van der Waals surface area contributed by atoms with E-state index in [1.807, 2.05) is 55.5 Å². The maximum Gasteiger partial charge on any atom is 0.320 e. The van der Waals surface area contributed by atoms with Crippen LogP contribution in [0.25, 0.3) is 5.69 Å². The molecule has 0 unspecified atom stereocenters. The Bertz CT molecular complexity index is 1160. The first-order valence-electron chi connectivity index (χ1n) is 12.6. The molecule has 0 aliphatic carbocycles. The van der Waals surface area contributed by atoms with E-state index in [1.165, 1.54) is 5.56 Å². The predicted molar refractivity (Wildman–Crippen MR) is 144 cm³/mol. The molecule has 1 fully saturated rings. The average Bonchev–Trinajstić information content (AvgIpc) is 3.42. The monoisotopic (exact) mass is 507 g/mol. The van der Waals surface area contributed by atoms with Crippen LogP contribution >= 0.6 is 0 Å². The number of para-hydroxylation sites is 1. The van der Waals surface area contributed by atoms with Crippen LogP contribution in [0.3, 0.4) is 0 Å².